The number of amides is 2. The van der Waals surface area contributed by atoms with E-state index in [9.17, 15) is 14.0 Å². The lowest BCUT2D eigenvalue weighted by Gasteiger charge is -2.40. The topological polar surface area (TPSA) is 71.3 Å². The van der Waals surface area contributed by atoms with Crippen LogP contribution in [0.5, 0.6) is 0 Å². The van der Waals surface area contributed by atoms with E-state index < -0.39 is 0 Å². The standard InChI is InChI=1S/C32H34FN5O2S/c1-23-11-17-28(18-12-23)38-30(25-8-4-3-5-9-25)34-35-32(38)41-21-7-6-10-29(39)36-19-20-37(24(2)22-36)31(40)26-13-15-27(33)16-14-26/h3-5,8-9,11-18,24H,6-7,10,19-22H2,1-2H3. The number of hydrogen-bond acceptors (Lipinski definition) is 5. The van der Waals surface area contributed by atoms with Crippen LogP contribution >= 0.6 is 11.8 Å². The summed E-state index contributed by atoms with van der Waals surface area (Å²) in [4.78, 5) is 29.4. The van der Waals surface area contributed by atoms with Crippen molar-refractivity contribution >= 4 is 23.6 Å². The molecule has 0 saturated carbocycles. The van der Waals surface area contributed by atoms with Crippen molar-refractivity contribution in [1.82, 2.24) is 24.6 Å². The summed E-state index contributed by atoms with van der Waals surface area (Å²) in [5.74, 6) is 1.25. The highest BCUT2D eigenvalue weighted by atomic mass is 32.2. The van der Waals surface area contributed by atoms with Gasteiger partial charge in [-0.3, -0.25) is 14.2 Å². The van der Waals surface area contributed by atoms with Crippen LogP contribution in [0, 0.1) is 12.7 Å². The molecular formula is C32H34FN5O2S. The van der Waals surface area contributed by atoms with E-state index >= 15 is 0 Å². The van der Waals surface area contributed by atoms with Gasteiger partial charge in [-0.1, -0.05) is 59.8 Å². The Morgan fingerprint density at radius 3 is 2.37 bits per heavy atom. The van der Waals surface area contributed by atoms with Crippen molar-refractivity contribution in [1.29, 1.82) is 0 Å². The van der Waals surface area contributed by atoms with E-state index in [4.69, 9.17) is 0 Å². The molecule has 1 aromatic heterocycles. The molecule has 0 N–H and O–H groups in total. The van der Waals surface area contributed by atoms with Gasteiger partial charge in [-0.25, -0.2) is 4.39 Å². The van der Waals surface area contributed by atoms with Crippen molar-refractivity contribution < 1.29 is 14.0 Å². The molecule has 0 radical (unpaired) electrons. The number of piperazine rings is 1. The van der Waals surface area contributed by atoms with Crippen molar-refractivity contribution in [3.05, 3.63) is 95.8 Å². The predicted molar refractivity (Wildman–Crippen MR) is 160 cm³/mol. The first kappa shape index (κ1) is 28.5. The van der Waals surface area contributed by atoms with Crippen molar-refractivity contribution in [3.8, 4) is 17.1 Å². The molecule has 1 unspecified atom stereocenters. The molecular weight excluding hydrogens is 537 g/mol. The molecule has 1 saturated heterocycles. The number of aryl methyl sites for hydroxylation is 1. The second-order valence-electron chi connectivity index (χ2n) is 10.3. The van der Waals surface area contributed by atoms with Crippen molar-refractivity contribution in [3.63, 3.8) is 0 Å². The average molecular weight is 572 g/mol. The van der Waals surface area contributed by atoms with E-state index in [2.05, 4.69) is 46.0 Å². The smallest absolute Gasteiger partial charge is 0.254 e. The molecule has 4 aromatic rings. The Bertz CT molecular complexity index is 1470. The third-order valence-corrected chi connectivity index (χ3v) is 8.32. The maximum absolute atomic E-state index is 13.2. The van der Waals surface area contributed by atoms with Crippen molar-refractivity contribution in [2.45, 2.75) is 44.3 Å². The van der Waals surface area contributed by atoms with Crippen molar-refractivity contribution in [2.24, 2.45) is 0 Å². The quantitative estimate of drug-likeness (QED) is 0.182. The first-order chi connectivity index (χ1) is 19.9. The second-order valence-corrected chi connectivity index (χ2v) is 11.4. The summed E-state index contributed by atoms with van der Waals surface area (Å²) in [7, 11) is 0. The minimum Gasteiger partial charge on any atom is -0.339 e. The molecule has 212 valence electrons. The molecule has 1 fully saturated rings. The largest absolute Gasteiger partial charge is 0.339 e. The minimum atomic E-state index is -0.367. The number of hydrogen-bond donors (Lipinski definition) is 0. The van der Waals surface area contributed by atoms with E-state index in [1.54, 1.807) is 16.7 Å². The minimum absolute atomic E-state index is 0.104. The van der Waals surface area contributed by atoms with Gasteiger partial charge in [0.2, 0.25) is 5.91 Å². The fraction of sp³-hybridized carbons (Fsp3) is 0.312. The molecule has 1 atom stereocenters. The van der Waals surface area contributed by atoms with E-state index in [1.165, 1.54) is 29.8 Å². The van der Waals surface area contributed by atoms with Gasteiger partial charge in [0.05, 0.1) is 0 Å². The third-order valence-electron chi connectivity index (χ3n) is 7.31. The van der Waals surface area contributed by atoms with Crippen LogP contribution in [0.3, 0.4) is 0 Å². The molecule has 5 rings (SSSR count). The molecule has 0 aliphatic carbocycles. The van der Waals surface area contributed by atoms with E-state index in [0.29, 0.717) is 31.6 Å². The van der Waals surface area contributed by atoms with Crippen LogP contribution in [0.2, 0.25) is 0 Å². The molecule has 7 nitrogen and oxygen atoms in total. The Kier molecular flexibility index (Phi) is 9.14. The van der Waals surface area contributed by atoms with Gasteiger partial charge in [0, 0.05) is 54.7 Å². The zero-order valence-corrected chi connectivity index (χ0v) is 24.2. The number of thioether (sulfide) groups is 1. The van der Waals surface area contributed by atoms with Gasteiger partial charge in [-0.2, -0.15) is 0 Å². The number of benzene rings is 3. The maximum atomic E-state index is 13.2. The van der Waals surface area contributed by atoms with Crippen LogP contribution in [0.4, 0.5) is 4.39 Å². The predicted octanol–water partition coefficient (Wildman–Crippen LogP) is 6.02. The SMILES string of the molecule is Cc1ccc(-n2c(SCCCCC(=O)N3CCN(C(=O)c4ccc(F)cc4)C(C)C3)nnc2-c2ccccc2)cc1. The van der Waals surface area contributed by atoms with Crippen LogP contribution in [-0.2, 0) is 4.79 Å². The Balaban J connectivity index is 1.12. The molecule has 0 spiro atoms. The zero-order chi connectivity index (χ0) is 28.8. The average Bonchev–Trinajstić information content (AvgIpc) is 3.41. The number of unbranched alkanes of at least 4 members (excludes halogenated alkanes) is 1. The van der Waals surface area contributed by atoms with Gasteiger partial charge in [-0.15, -0.1) is 10.2 Å². The summed E-state index contributed by atoms with van der Waals surface area (Å²) in [5.41, 5.74) is 3.68. The Labute approximate surface area is 244 Å². The number of aromatic nitrogens is 3. The normalized spacial score (nSPS) is 15.2. The van der Waals surface area contributed by atoms with Gasteiger partial charge >= 0.3 is 0 Å². The van der Waals surface area contributed by atoms with Crippen LogP contribution in [-0.4, -0.2) is 67.8 Å². The summed E-state index contributed by atoms with van der Waals surface area (Å²) < 4.78 is 15.3. The molecule has 1 aliphatic heterocycles. The summed E-state index contributed by atoms with van der Waals surface area (Å²) >= 11 is 1.65. The highest BCUT2D eigenvalue weighted by Crippen LogP contribution is 2.29. The summed E-state index contributed by atoms with van der Waals surface area (Å²) in [6.07, 6.45) is 2.12. The first-order valence-corrected chi connectivity index (χ1v) is 14.9. The van der Waals surface area contributed by atoms with Crippen LogP contribution in [0.25, 0.3) is 17.1 Å². The lowest BCUT2D eigenvalue weighted by atomic mass is 10.1. The van der Waals surface area contributed by atoms with Crippen LogP contribution in [0.15, 0.2) is 84.0 Å². The lowest BCUT2D eigenvalue weighted by Crippen LogP contribution is -2.55. The molecule has 3 aromatic carbocycles. The Morgan fingerprint density at radius 1 is 0.927 bits per heavy atom. The summed E-state index contributed by atoms with van der Waals surface area (Å²) in [5, 5.41) is 9.84. The Hall–Kier alpha value is -3.98. The first-order valence-electron chi connectivity index (χ1n) is 14.0. The van der Waals surface area contributed by atoms with Gasteiger partial charge in [0.25, 0.3) is 5.91 Å². The number of rotatable bonds is 9. The lowest BCUT2D eigenvalue weighted by molar-refractivity contribution is -0.133. The van der Waals surface area contributed by atoms with Gasteiger partial charge in [-0.05, 0) is 63.1 Å². The Morgan fingerprint density at radius 2 is 1.66 bits per heavy atom. The number of carbonyl (C=O) groups excluding carboxylic acids is 2. The molecule has 41 heavy (non-hydrogen) atoms. The molecule has 2 amide bonds. The van der Waals surface area contributed by atoms with Crippen molar-refractivity contribution in [2.75, 3.05) is 25.4 Å². The monoisotopic (exact) mass is 571 g/mol. The van der Waals surface area contributed by atoms with E-state index in [0.717, 1.165) is 40.8 Å². The molecule has 9 heteroatoms. The number of nitrogens with zero attached hydrogens (tertiary/aromatic N) is 5. The maximum Gasteiger partial charge on any atom is 0.254 e. The van der Waals surface area contributed by atoms with Crippen LogP contribution in [0.1, 0.15) is 42.1 Å². The molecule has 0 bridgehead atoms. The van der Waals surface area contributed by atoms with Crippen LogP contribution < -0.4 is 0 Å². The van der Waals surface area contributed by atoms with Gasteiger partial charge in [0.15, 0.2) is 11.0 Å². The highest BCUT2D eigenvalue weighted by molar-refractivity contribution is 7.99. The summed E-state index contributed by atoms with van der Waals surface area (Å²) in [6.45, 7) is 5.50. The van der Waals surface area contributed by atoms with E-state index in [-0.39, 0.29) is 23.7 Å². The summed E-state index contributed by atoms with van der Waals surface area (Å²) in [6, 6.07) is 23.9. The number of halogens is 1. The zero-order valence-electron chi connectivity index (χ0n) is 23.4. The van der Waals surface area contributed by atoms with E-state index in [1.807, 2.05) is 42.2 Å². The second kappa shape index (κ2) is 13.1. The highest BCUT2D eigenvalue weighted by Gasteiger charge is 2.30. The molecule has 1 aliphatic rings. The number of carbonyl (C=O) groups is 2. The third kappa shape index (κ3) is 6.85. The van der Waals surface area contributed by atoms with Gasteiger partial charge in [0.1, 0.15) is 5.82 Å². The fourth-order valence-corrected chi connectivity index (χ4v) is 5.96. The molecule has 2 heterocycles. The fourth-order valence-electron chi connectivity index (χ4n) is 5.01. The van der Waals surface area contributed by atoms with Gasteiger partial charge < -0.3 is 9.80 Å².